The Balaban J connectivity index is 1.43. The van der Waals surface area contributed by atoms with Crippen molar-refractivity contribution in [3.63, 3.8) is 0 Å². The van der Waals surface area contributed by atoms with E-state index in [4.69, 9.17) is 13.6 Å². The Bertz CT molecular complexity index is 1200. The normalized spacial score (nSPS) is 14.6. The van der Waals surface area contributed by atoms with E-state index in [1.807, 2.05) is 84.9 Å². The molecule has 0 spiro atoms. The Morgan fingerprint density at radius 1 is 0.583 bits per heavy atom. The van der Waals surface area contributed by atoms with Gasteiger partial charge in [-0.15, -0.1) is 0 Å². The van der Waals surface area contributed by atoms with Crippen LogP contribution in [-0.2, 0) is 9.47 Å². The van der Waals surface area contributed by atoms with Crippen molar-refractivity contribution in [3.8, 4) is 0 Å². The maximum Gasteiger partial charge on any atom is 0.108 e. The van der Waals surface area contributed by atoms with E-state index in [-0.39, 0.29) is 38.5 Å². The Morgan fingerprint density at radius 3 is 1.36 bits per heavy atom. The number of hydrogen-bond acceptors (Lipinski definition) is 3. The molecule has 3 heteroatoms. The minimum Gasteiger partial charge on any atom is -0.367 e. The summed E-state index contributed by atoms with van der Waals surface area (Å²) in [6.07, 6.45) is -0.545. The number of hydrogen-bond donors (Lipinski definition) is 0. The lowest BCUT2D eigenvalue weighted by Gasteiger charge is -2.24. The Hall–Kier alpha value is -3.24. The molecule has 2 unspecified atom stereocenters. The number of benzene rings is 4. The van der Waals surface area contributed by atoms with Gasteiger partial charge in [0.2, 0.25) is 0 Å². The summed E-state index contributed by atoms with van der Waals surface area (Å²) in [6, 6.07) is 36.4. The van der Waals surface area contributed by atoms with Crippen molar-refractivity contribution in [2.75, 3.05) is 33.3 Å². The van der Waals surface area contributed by atoms with Gasteiger partial charge in [-0.05, 0) is 54.2 Å². The molecule has 36 heavy (non-hydrogen) atoms. The van der Waals surface area contributed by atoms with Crippen LogP contribution in [0, 0.1) is 13.8 Å². The largest absolute Gasteiger partial charge is 0.367 e. The molecule has 4 rings (SSSR count). The predicted molar refractivity (Wildman–Crippen MR) is 148 cm³/mol. The Morgan fingerprint density at radius 2 is 0.972 bits per heavy atom. The van der Waals surface area contributed by atoms with Crippen LogP contribution in [0.25, 0.3) is 0 Å². The highest BCUT2D eigenvalue weighted by molar-refractivity contribution is 5.36. The van der Waals surface area contributed by atoms with Crippen LogP contribution >= 0.6 is 0 Å². The van der Waals surface area contributed by atoms with Crippen molar-refractivity contribution in [2.24, 2.45) is 0 Å². The zero-order chi connectivity index (χ0) is 27.7. The molecule has 0 aliphatic heterocycles. The first-order chi connectivity index (χ1) is 18.8. The summed E-state index contributed by atoms with van der Waals surface area (Å²) < 4.78 is 37.1. The monoisotopic (exact) mass is 482 g/mol. The molecule has 4 aromatic rings. The molecule has 0 saturated heterocycles. The van der Waals surface area contributed by atoms with Crippen LogP contribution in [-0.4, -0.2) is 38.2 Å². The highest BCUT2D eigenvalue weighted by Crippen LogP contribution is 2.29. The fourth-order valence-corrected chi connectivity index (χ4v) is 4.42. The first kappa shape index (κ1) is 22.0. The van der Waals surface area contributed by atoms with E-state index < -0.39 is 6.98 Å². The minimum absolute atomic E-state index is 0.259. The van der Waals surface area contributed by atoms with E-state index in [1.165, 1.54) is 4.90 Å². The van der Waals surface area contributed by atoms with Gasteiger partial charge in [0.1, 0.15) is 12.2 Å². The molecule has 4 aromatic carbocycles. The summed E-state index contributed by atoms with van der Waals surface area (Å²) in [5, 5.41) is 0. The predicted octanol–water partition coefficient (Wildman–Crippen LogP) is 7.15. The van der Waals surface area contributed by atoms with Crippen LogP contribution in [0.1, 0.15) is 49.7 Å². The molecule has 0 aliphatic rings. The van der Waals surface area contributed by atoms with Crippen molar-refractivity contribution >= 4 is 0 Å². The van der Waals surface area contributed by atoms with Crippen LogP contribution in [0.5, 0.6) is 0 Å². The molecule has 0 bridgehead atoms. The molecule has 0 fully saturated rings. The van der Waals surface area contributed by atoms with Crippen molar-refractivity contribution in [1.29, 1.82) is 0 Å². The molecular formula is C33H37NO2. The number of nitrogens with zero attached hydrogens (tertiary/aromatic N) is 1. The third-order valence-electron chi connectivity index (χ3n) is 6.44. The lowest BCUT2D eigenvalue weighted by Crippen LogP contribution is -2.28. The molecule has 0 heterocycles. The Kier molecular flexibility index (Phi) is 8.05. The maximum absolute atomic E-state index is 8.13. The molecule has 2 atom stereocenters. The minimum atomic E-state index is -2.26. The van der Waals surface area contributed by atoms with Gasteiger partial charge in [0, 0.05) is 17.2 Å². The zero-order valence-corrected chi connectivity index (χ0v) is 21.1. The van der Waals surface area contributed by atoms with Crippen molar-refractivity contribution in [3.05, 3.63) is 143 Å². The number of rotatable bonds is 12. The summed E-state index contributed by atoms with van der Waals surface area (Å²) in [5.41, 5.74) is 6.51. The summed E-state index contributed by atoms with van der Waals surface area (Å²) >= 11 is 0. The molecule has 0 amide bonds. The molecular weight excluding hydrogens is 442 g/mol. The number of ether oxygens (including phenoxy) is 2. The zero-order valence-electron chi connectivity index (χ0n) is 24.1. The van der Waals surface area contributed by atoms with Crippen LogP contribution < -0.4 is 0 Å². The summed E-state index contributed by atoms with van der Waals surface area (Å²) in [7, 11) is 0. The number of likely N-dealkylation sites (N-methyl/N-ethyl adjacent to an activating group) is 1. The first-order valence-electron chi connectivity index (χ1n) is 14.0. The van der Waals surface area contributed by atoms with Gasteiger partial charge in [-0.1, -0.05) is 109 Å². The molecule has 0 saturated carbocycles. The summed E-state index contributed by atoms with van der Waals surface area (Å²) in [6.45, 7) is 2.93. The van der Waals surface area contributed by atoms with Gasteiger partial charge in [-0.2, -0.15) is 0 Å². The molecule has 0 aliphatic carbocycles. The fourth-order valence-electron chi connectivity index (χ4n) is 4.42. The smallest absolute Gasteiger partial charge is 0.108 e. The number of aryl methyl sites for hydroxylation is 2. The van der Waals surface area contributed by atoms with E-state index >= 15 is 0 Å². The van der Waals surface area contributed by atoms with E-state index in [9.17, 15) is 0 Å². The SMILES string of the molecule is [2H]C([2H])([2H])N(CCOC(c1ccccc1)c1ccccc1C)CCOC(c1ccccc1)c1ccccc1C. The third kappa shape index (κ3) is 6.92. The van der Waals surface area contributed by atoms with Crippen LogP contribution in [0.4, 0.5) is 0 Å². The van der Waals surface area contributed by atoms with Gasteiger partial charge in [-0.25, -0.2) is 0 Å². The summed E-state index contributed by atoms with van der Waals surface area (Å²) in [4.78, 5) is 1.47. The summed E-state index contributed by atoms with van der Waals surface area (Å²) in [5.74, 6) is 0. The second-order valence-corrected chi connectivity index (χ2v) is 9.02. The van der Waals surface area contributed by atoms with Gasteiger partial charge in [0.25, 0.3) is 0 Å². The van der Waals surface area contributed by atoms with Crippen molar-refractivity contribution in [2.45, 2.75) is 26.1 Å². The average Bonchev–Trinajstić information content (AvgIpc) is 2.94. The van der Waals surface area contributed by atoms with Gasteiger partial charge in [0.15, 0.2) is 0 Å². The molecule has 0 aromatic heterocycles. The first-order valence-corrected chi connectivity index (χ1v) is 12.5. The highest BCUT2D eigenvalue weighted by atomic mass is 16.5. The van der Waals surface area contributed by atoms with E-state index in [2.05, 4.69) is 38.1 Å². The lowest BCUT2D eigenvalue weighted by atomic mass is 9.97. The Labute approximate surface area is 220 Å². The maximum atomic E-state index is 8.13. The quantitative estimate of drug-likeness (QED) is 0.214. The standard InChI is InChI=1S/C33H37NO2/c1-26-14-10-12-20-30(26)32(28-16-6-4-7-17-28)35-24-22-34(3)23-25-36-33(29-18-8-5-9-19-29)31-21-13-11-15-27(31)2/h4-21,32-33H,22-25H2,1-3H3/i3D3. The van der Waals surface area contributed by atoms with Crippen molar-refractivity contribution < 1.29 is 13.6 Å². The van der Waals surface area contributed by atoms with Gasteiger partial charge in [-0.3, -0.25) is 0 Å². The topological polar surface area (TPSA) is 21.7 Å². The van der Waals surface area contributed by atoms with E-state index in [0.717, 1.165) is 33.4 Å². The highest BCUT2D eigenvalue weighted by Gasteiger charge is 2.18. The van der Waals surface area contributed by atoms with Crippen LogP contribution in [0.15, 0.2) is 109 Å². The second kappa shape index (κ2) is 13.2. The fraction of sp³-hybridized carbons (Fsp3) is 0.273. The third-order valence-corrected chi connectivity index (χ3v) is 6.44. The lowest BCUT2D eigenvalue weighted by molar-refractivity contribution is 0.0416. The second-order valence-electron chi connectivity index (χ2n) is 9.02. The molecule has 0 radical (unpaired) electrons. The van der Waals surface area contributed by atoms with E-state index in [1.54, 1.807) is 0 Å². The van der Waals surface area contributed by atoms with Gasteiger partial charge >= 0.3 is 0 Å². The molecule has 3 nitrogen and oxygen atoms in total. The van der Waals surface area contributed by atoms with Crippen LogP contribution in [0.2, 0.25) is 0 Å². The van der Waals surface area contributed by atoms with Crippen molar-refractivity contribution in [1.82, 2.24) is 4.90 Å². The molecule has 186 valence electrons. The van der Waals surface area contributed by atoms with Gasteiger partial charge in [0.05, 0.1) is 13.2 Å². The molecule has 0 N–H and O–H groups in total. The van der Waals surface area contributed by atoms with Crippen LogP contribution in [0.3, 0.4) is 0 Å². The van der Waals surface area contributed by atoms with E-state index in [0.29, 0.717) is 0 Å². The average molecular weight is 483 g/mol. The van der Waals surface area contributed by atoms with Gasteiger partial charge < -0.3 is 14.4 Å².